The second kappa shape index (κ2) is 7.56. The maximum absolute atomic E-state index is 12.4. The van der Waals surface area contributed by atoms with Gasteiger partial charge in [0.05, 0.1) is 18.3 Å². The maximum Gasteiger partial charge on any atom is 0.308 e. The summed E-state index contributed by atoms with van der Waals surface area (Å²) in [7, 11) is 0. The summed E-state index contributed by atoms with van der Waals surface area (Å²) in [6, 6.07) is 7.09. The number of imide groups is 1. The highest BCUT2D eigenvalue weighted by Gasteiger charge is 2.47. The lowest BCUT2D eigenvalue weighted by Crippen LogP contribution is -2.33. The van der Waals surface area contributed by atoms with Crippen LogP contribution in [0.3, 0.4) is 0 Å². The highest BCUT2D eigenvalue weighted by atomic mass is 35.5. The van der Waals surface area contributed by atoms with E-state index < -0.39 is 12.1 Å². The van der Waals surface area contributed by atoms with Crippen LogP contribution in [0.25, 0.3) is 0 Å². The lowest BCUT2D eigenvalue weighted by molar-refractivity contribution is -0.149. The van der Waals surface area contributed by atoms with E-state index in [0.717, 1.165) is 31.2 Å². The van der Waals surface area contributed by atoms with E-state index in [4.69, 9.17) is 16.3 Å². The smallest absolute Gasteiger partial charge is 0.308 e. The number of benzene rings is 1. The number of hydrogen-bond acceptors (Lipinski definition) is 4. The largest absolute Gasteiger partial charge is 0.458 e. The van der Waals surface area contributed by atoms with Crippen LogP contribution in [0.5, 0.6) is 0 Å². The Kier molecular flexibility index (Phi) is 5.42. The summed E-state index contributed by atoms with van der Waals surface area (Å²) < 4.78 is 5.39. The first-order valence-electron chi connectivity index (χ1n) is 8.77. The molecule has 1 aliphatic heterocycles. The second-order valence-electron chi connectivity index (χ2n) is 6.76. The van der Waals surface area contributed by atoms with Crippen molar-refractivity contribution in [3.8, 4) is 0 Å². The van der Waals surface area contributed by atoms with Crippen LogP contribution in [0.1, 0.15) is 50.7 Å². The predicted octanol–water partition coefficient (Wildman–Crippen LogP) is 3.51. The predicted molar refractivity (Wildman–Crippen MR) is 92.7 cm³/mol. The third-order valence-electron chi connectivity index (χ3n) is 5.12. The van der Waals surface area contributed by atoms with Gasteiger partial charge in [-0.1, -0.05) is 36.6 Å². The molecule has 3 atom stereocenters. The fourth-order valence-electron chi connectivity index (χ4n) is 3.71. The molecular weight excluding hydrogens is 342 g/mol. The van der Waals surface area contributed by atoms with Crippen LogP contribution in [-0.2, 0) is 19.1 Å². The minimum Gasteiger partial charge on any atom is -0.458 e. The molecule has 1 aromatic rings. The number of esters is 1. The van der Waals surface area contributed by atoms with Gasteiger partial charge in [-0.15, -0.1) is 0 Å². The minimum absolute atomic E-state index is 0.0227. The van der Waals surface area contributed by atoms with Gasteiger partial charge in [-0.3, -0.25) is 19.3 Å². The first kappa shape index (κ1) is 17.9. The van der Waals surface area contributed by atoms with Gasteiger partial charge in [0, 0.05) is 11.6 Å². The molecular formula is C19H22ClNO4. The van der Waals surface area contributed by atoms with E-state index in [0.29, 0.717) is 5.02 Å². The van der Waals surface area contributed by atoms with Crippen molar-refractivity contribution in [2.75, 3.05) is 6.54 Å². The number of hydrogen-bond donors (Lipinski definition) is 0. The van der Waals surface area contributed by atoms with Gasteiger partial charge in [-0.2, -0.15) is 0 Å². The Balaban J connectivity index is 1.52. The number of rotatable bonds is 5. The molecule has 3 rings (SSSR count). The number of likely N-dealkylation sites (tertiary alicyclic amines) is 1. The molecule has 2 fully saturated rings. The molecule has 0 bridgehead atoms. The van der Waals surface area contributed by atoms with Gasteiger partial charge >= 0.3 is 5.97 Å². The summed E-state index contributed by atoms with van der Waals surface area (Å²) in [4.78, 5) is 38.1. The average molecular weight is 364 g/mol. The number of fused-ring (bicyclic) bond motifs is 1. The SMILES string of the molecule is CC(OC(=O)CCN1C(=O)C2CCCCC2C1=O)c1ccc(Cl)cc1. The summed E-state index contributed by atoms with van der Waals surface area (Å²) in [6.45, 7) is 1.89. The van der Waals surface area contributed by atoms with Gasteiger partial charge < -0.3 is 4.74 Å². The van der Waals surface area contributed by atoms with Crippen molar-refractivity contribution in [3.05, 3.63) is 34.9 Å². The molecule has 0 spiro atoms. The average Bonchev–Trinajstić information content (AvgIpc) is 2.85. The quantitative estimate of drug-likeness (QED) is 0.593. The highest BCUT2D eigenvalue weighted by Crippen LogP contribution is 2.38. The molecule has 2 aliphatic rings. The number of halogens is 1. The zero-order valence-electron chi connectivity index (χ0n) is 14.2. The number of amides is 2. The lowest BCUT2D eigenvalue weighted by Gasteiger charge is -2.19. The Hall–Kier alpha value is -1.88. The zero-order chi connectivity index (χ0) is 18.0. The Bertz CT molecular complexity index is 649. The van der Waals surface area contributed by atoms with E-state index >= 15 is 0 Å². The Morgan fingerprint density at radius 3 is 2.28 bits per heavy atom. The summed E-state index contributed by atoms with van der Waals surface area (Å²) in [5.41, 5.74) is 0.845. The van der Waals surface area contributed by atoms with Crippen molar-refractivity contribution < 1.29 is 19.1 Å². The highest BCUT2D eigenvalue weighted by molar-refractivity contribution is 6.30. The fraction of sp³-hybridized carbons (Fsp3) is 0.526. The Morgan fingerprint density at radius 1 is 1.16 bits per heavy atom. The third kappa shape index (κ3) is 3.87. The monoisotopic (exact) mass is 363 g/mol. The molecule has 0 N–H and O–H groups in total. The van der Waals surface area contributed by atoms with Crippen LogP contribution in [0, 0.1) is 11.8 Å². The van der Waals surface area contributed by atoms with Crippen LogP contribution in [0.4, 0.5) is 0 Å². The van der Waals surface area contributed by atoms with E-state index in [9.17, 15) is 14.4 Å². The van der Waals surface area contributed by atoms with E-state index in [2.05, 4.69) is 0 Å². The van der Waals surface area contributed by atoms with Gasteiger partial charge in [0.25, 0.3) is 0 Å². The van der Waals surface area contributed by atoms with Crippen molar-refractivity contribution in [2.45, 2.75) is 45.1 Å². The normalized spacial score (nSPS) is 24.2. The molecule has 2 amide bonds. The Morgan fingerprint density at radius 2 is 1.72 bits per heavy atom. The first-order valence-corrected chi connectivity index (χ1v) is 9.15. The van der Waals surface area contributed by atoms with Crippen molar-refractivity contribution >= 4 is 29.4 Å². The summed E-state index contributed by atoms with van der Waals surface area (Å²) in [5, 5.41) is 0.620. The molecule has 3 unspecified atom stereocenters. The van der Waals surface area contributed by atoms with Crippen molar-refractivity contribution in [1.82, 2.24) is 4.90 Å². The molecule has 1 saturated heterocycles. The standard InChI is InChI=1S/C19H22ClNO4/c1-12(13-6-8-14(20)9-7-13)25-17(22)10-11-21-18(23)15-4-2-3-5-16(15)19(21)24/h6-9,12,15-16H,2-5,10-11H2,1H3. The van der Waals surface area contributed by atoms with Crippen LogP contribution in [0.2, 0.25) is 5.02 Å². The van der Waals surface area contributed by atoms with Crippen molar-refractivity contribution in [1.29, 1.82) is 0 Å². The number of carbonyl (C=O) groups excluding carboxylic acids is 3. The number of carbonyl (C=O) groups is 3. The van der Waals surface area contributed by atoms with Gasteiger partial charge in [0.15, 0.2) is 0 Å². The van der Waals surface area contributed by atoms with E-state index in [1.54, 1.807) is 31.2 Å². The third-order valence-corrected chi connectivity index (χ3v) is 5.37. The molecule has 1 heterocycles. The topological polar surface area (TPSA) is 63.7 Å². The molecule has 25 heavy (non-hydrogen) atoms. The van der Waals surface area contributed by atoms with Crippen molar-refractivity contribution in [3.63, 3.8) is 0 Å². The molecule has 0 aromatic heterocycles. The molecule has 5 nitrogen and oxygen atoms in total. The molecule has 1 saturated carbocycles. The van der Waals surface area contributed by atoms with Gasteiger partial charge in [-0.25, -0.2) is 0 Å². The summed E-state index contributed by atoms with van der Waals surface area (Å²) in [6.07, 6.45) is 3.17. The van der Waals surface area contributed by atoms with Gasteiger partial charge in [0.1, 0.15) is 6.10 Å². The van der Waals surface area contributed by atoms with Crippen LogP contribution < -0.4 is 0 Å². The fourth-order valence-corrected chi connectivity index (χ4v) is 3.84. The van der Waals surface area contributed by atoms with Gasteiger partial charge in [0.2, 0.25) is 11.8 Å². The van der Waals surface area contributed by atoms with E-state index in [1.807, 2.05) is 0 Å². The van der Waals surface area contributed by atoms with Crippen LogP contribution in [0.15, 0.2) is 24.3 Å². The summed E-state index contributed by atoms with van der Waals surface area (Å²) in [5.74, 6) is -1.00. The molecule has 1 aliphatic carbocycles. The van der Waals surface area contributed by atoms with E-state index in [-0.39, 0.29) is 36.6 Å². The number of nitrogens with zero attached hydrogens (tertiary/aromatic N) is 1. The van der Waals surface area contributed by atoms with E-state index in [1.165, 1.54) is 4.90 Å². The summed E-state index contributed by atoms with van der Waals surface area (Å²) >= 11 is 5.85. The lowest BCUT2D eigenvalue weighted by atomic mass is 9.81. The number of ether oxygens (including phenoxy) is 1. The van der Waals surface area contributed by atoms with Gasteiger partial charge in [-0.05, 0) is 37.5 Å². The first-order chi connectivity index (χ1) is 12.0. The molecule has 134 valence electrons. The second-order valence-corrected chi connectivity index (χ2v) is 7.20. The molecule has 0 radical (unpaired) electrons. The Labute approximate surface area is 152 Å². The van der Waals surface area contributed by atoms with Crippen LogP contribution >= 0.6 is 11.6 Å². The minimum atomic E-state index is -0.419. The van der Waals surface area contributed by atoms with Crippen molar-refractivity contribution in [2.24, 2.45) is 11.8 Å². The maximum atomic E-state index is 12.4. The molecule has 6 heteroatoms. The van der Waals surface area contributed by atoms with Crippen LogP contribution in [-0.4, -0.2) is 29.2 Å². The molecule has 1 aromatic carbocycles. The zero-order valence-corrected chi connectivity index (χ0v) is 15.0.